The number of hydrogen-bond acceptors (Lipinski definition) is 2. The highest BCUT2D eigenvalue weighted by atomic mass is 16.3. The van der Waals surface area contributed by atoms with E-state index in [1.54, 1.807) is 0 Å². The summed E-state index contributed by atoms with van der Waals surface area (Å²) < 4.78 is 0. The van der Waals surface area contributed by atoms with Gasteiger partial charge in [-0.2, -0.15) is 0 Å². The Morgan fingerprint density at radius 1 is 1.36 bits per heavy atom. The first kappa shape index (κ1) is 12.0. The first-order chi connectivity index (χ1) is 6.74. The van der Waals surface area contributed by atoms with Crippen molar-refractivity contribution in [1.82, 2.24) is 0 Å². The zero-order valence-electron chi connectivity index (χ0n) is 9.63. The predicted octanol–water partition coefficient (Wildman–Crippen LogP) is 2.30. The molecule has 1 spiro atoms. The van der Waals surface area contributed by atoms with Crippen LogP contribution in [0, 0.1) is 11.3 Å². The quantitative estimate of drug-likeness (QED) is 0.732. The van der Waals surface area contributed by atoms with Gasteiger partial charge in [-0.3, -0.25) is 0 Å². The first-order valence-electron chi connectivity index (χ1n) is 6.11. The molecule has 84 valence electrons. The second-order valence-electron chi connectivity index (χ2n) is 4.81. The lowest BCUT2D eigenvalue weighted by molar-refractivity contribution is -0.0317. The summed E-state index contributed by atoms with van der Waals surface area (Å²) in [4.78, 5) is 0. The van der Waals surface area contributed by atoms with E-state index in [0.717, 1.165) is 17.8 Å². The maximum Gasteiger partial charge on any atom is 0.0582 e. The summed E-state index contributed by atoms with van der Waals surface area (Å²) in [5.41, 5.74) is 6.45. The van der Waals surface area contributed by atoms with Crippen molar-refractivity contribution >= 4 is 0 Å². The van der Waals surface area contributed by atoms with E-state index in [4.69, 9.17) is 10.8 Å². The predicted molar refractivity (Wildman–Crippen MR) is 60.0 cm³/mol. The van der Waals surface area contributed by atoms with Crippen molar-refractivity contribution in [1.29, 1.82) is 0 Å². The van der Waals surface area contributed by atoms with Crippen LogP contribution in [-0.2, 0) is 0 Å². The van der Waals surface area contributed by atoms with Crippen LogP contribution in [0.4, 0.5) is 0 Å². The summed E-state index contributed by atoms with van der Waals surface area (Å²) in [5.74, 6) is 0.826. The molecule has 14 heavy (non-hydrogen) atoms. The number of nitrogens with two attached hydrogens (primary N) is 1. The molecule has 1 unspecified atom stereocenters. The Morgan fingerprint density at radius 3 is 2.29 bits per heavy atom. The Morgan fingerprint density at radius 2 is 1.93 bits per heavy atom. The second kappa shape index (κ2) is 5.13. The molecular formula is C12H25NO. The average molecular weight is 199 g/mol. The fourth-order valence-corrected chi connectivity index (χ4v) is 2.92. The Kier molecular flexibility index (Phi) is 4.39. The zero-order valence-corrected chi connectivity index (χ0v) is 9.63. The largest absolute Gasteiger partial charge is 0.395 e. The molecule has 2 saturated carbocycles. The molecule has 0 bridgehead atoms. The third kappa shape index (κ3) is 2.48. The van der Waals surface area contributed by atoms with E-state index in [0.29, 0.717) is 0 Å². The fourth-order valence-electron chi connectivity index (χ4n) is 2.92. The normalized spacial score (nSPS) is 25.7. The summed E-state index contributed by atoms with van der Waals surface area (Å²) in [7, 11) is 0. The van der Waals surface area contributed by atoms with E-state index in [1.807, 2.05) is 13.8 Å². The summed E-state index contributed by atoms with van der Waals surface area (Å²) >= 11 is 0. The van der Waals surface area contributed by atoms with E-state index in [1.165, 1.54) is 32.1 Å². The van der Waals surface area contributed by atoms with Gasteiger partial charge in [-0.1, -0.05) is 20.3 Å². The van der Waals surface area contributed by atoms with E-state index in [-0.39, 0.29) is 12.6 Å². The molecule has 2 rings (SSSR count). The van der Waals surface area contributed by atoms with Gasteiger partial charge in [0, 0.05) is 6.04 Å². The van der Waals surface area contributed by atoms with Crippen molar-refractivity contribution in [3.8, 4) is 0 Å². The fraction of sp³-hybridized carbons (Fsp3) is 1.00. The molecule has 3 N–H and O–H groups in total. The molecule has 0 radical (unpaired) electrons. The number of aliphatic hydroxyl groups excluding tert-OH is 1. The molecule has 2 heteroatoms. The van der Waals surface area contributed by atoms with Gasteiger partial charge in [-0.25, -0.2) is 0 Å². The second-order valence-corrected chi connectivity index (χ2v) is 4.81. The van der Waals surface area contributed by atoms with Crippen LogP contribution in [0.25, 0.3) is 0 Å². The average Bonchev–Trinajstić information content (AvgIpc) is 2.10. The molecule has 0 saturated heterocycles. The number of aliphatic hydroxyl groups is 1. The Balaban J connectivity index is 0.000000461. The van der Waals surface area contributed by atoms with E-state index in [9.17, 15) is 0 Å². The van der Waals surface area contributed by atoms with Crippen LogP contribution in [0.5, 0.6) is 0 Å². The van der Waals surface area contributed by atoms with Gasteiger partial charge in [0.15, 0.2) is 0 Å². The van der Waals surface area contributed by atoms with E-state index in [2.05, 4.69) is 0 Å². The Labute approximate surface area is 87.9 Å². The van der Waals surface area contributed by atoms with E-state index < -0.39 is 0 Å². The molecule has 0 amide bonds. The summed E-state index contributed by atoms with van der Waals surface area (Å²) in [6.45, 7) is 4.16. The third-order valence-electron chi connectivity index (χ3n) is 3.73. The molecule has 0 aromatic carbocycles. The van der Waals surface area contributed by atoms with Crippen molar-refractivity contribution in [2.24, 2.45) is 17.1 Å². The highest BCUT2D eigenvalue weighted by molar-refractivity contribution is 4.99. The highest BCUT2D eigenvalue weighted by Crippen LogP contribution is 2.59. The van der Waals surface area contributed by atoms with Crippen molar-refractivity contribution in [2.45, 2.75) is 58.4 Å². The van der Waals surface area contributed by atoms with Crippen molar-refractivity contribution in [3.05, 3.63) is 0 Å². The Hall–Kier alpha value is -0.0800. The maximum absolute atomic E-state index is 8.78. The SMILES string of the molecule is CC.NC(CO)CC1CC2(CCC2)C1. The van der Waals surface area contributed by atoms with Crippen LogP contribution in [-0.4, -0.2) is 17.8 Å². The summed E-state index contributed by atoms with van der Waals surface area (Å²) in [6, 6.07) is 0.0347. The van der Waals surface area contributed by atoms with E-state index >= 15 is 0 Å². The summed E-state index contributed by atoms with van der Waals surface area (Å²) in [5, 5.41) is 8.78. The summed E-state index contributed by atoms with van der Waals surface area (Å²) in [6.07, 6.45) is 8.17. The minimum atomic E-state index is 0.0347. The first-order valence-corrected chi connectivity index (χ1v) is 6.11. The minimum Gasteiger partial charge on any atom is -0.395 e. The molecular weight excluding hydrogens is 174 g/mol. The third-order valence-corrected chi connectivity index (χ3v) is 3.73. The van der Waals surface area contributed by atoms with Crippen LogP contribution in [0.15, 0.2) is 0 Å². The number of rotatable bonds is 3. The van der Waals surface area contributed by atoms with Gasteiger partial charge >= 0.3 is 0 Å². The lowest BCUT2D eigenvalue weighted by atomic mass is 9.51. The highest BCUT2D eigenvalue weighted by Gasteiger charge is 2.47. The molecule has 0 aliphatic heterocycles. The molecule has 2 aliphatic rings. The van der Waals surface area contributed by atoms with Gasteiger partial charge in [0.05, 0.1) is 6.61 Å². The Bertz CT molecular complexity index is 155. The topological polar surface area (TPSA) is 46.2 Å². The van der Waals surface area contributed by atoms with Gasteiger partial charge in [0.25, 0.3) is 0 Å². The molecule has 2 aliphatic carbocycles. The molecule has 2 fully saturated rings. The van der Waals surface area contributed by atoms with Crippen LogP contribution in [0.1, 0.15) is 52.4 Å². The molecule has 0 aromatic heterocycles. The van der Waals surface area contributed by atoms with Crippen LogP contribution >= 0.6 is 0 Å². The number of hydrogen-bond donors (Lipinski definition) is 2. The van der Waals surface area contributed by atoms with Gasteiger partial charge in [0.2, 0.25) is 0 Å². The lowest BCUT2D eigenvalue weighted by Gasteiger charge is -2.54. The standard InChI is InChI=1S/C10H19NO.C2H6/c11-9(7-12)4-8-5-10(6-8)2-1-3-10;1-2/h8-9,12H,1-7,11H2;1-2H3. The monoisotopic (exact) mass is 199 g/mol. The smallest absolute Gasteiger partial charge is 0.0582 e. The van der Waals surface area contributed by atoms with Gasteiger partial charge in [-0.05, 0) is 43.4 Å². The van der Waals surface area contributed by atoms with Crippen LogP contribution < -0.4 is 5.73 Å². The minimum absolute atomic E-state index is 0.0347. The van der Waals surface area contributed by atoms with Crippen molar-refractivity contribution in [3.63, 3.8) is 0 Å². The van der Waals surface area contributed by atoms with Gasteiger partial charge in [-0.15, -0.1) is 0 Å². The van der Waals surface area contributed by atoms with Crippen LogP contribution in [0.3, 0.4) is 0 Å². The molecule has 0 aromatic rings. The van der Waals surface area contributed by atoms with Gasteiger partial charge < -0.3 is 10.8 Å². The van der Waals surface area contributed by atoms with Crippen molar-refractivity contribution in [2.75, 3.05) is 6.61 Å². The molecule has 1 atom stereocenters. The maximum atomic E-state index is 8.78. The zero-order chi connectivity index (χ0) is 10.6. The van der Waals surface area contributed by atoms with Crippen molar-refractivity contribution < 1.29 is 5.11 Å². The van der Waals surface area contributed by atoms with Crippen LogP contribution in [0.2, 0.25) is 0 Å². The molecule has 2 nitrogen and oxygen atoms in total. The molecule has 0 heterocycles. The lowest BCUT2D eigenvalue weighted by Crippen LogP contribution is -2.44. The van der Waals surface area contributed by atoms with Gasteiger partial charge in [0.1, 0.15) is 0 Å².